The molecule has 0 bridgehead atoms. The van der Waals surface area contributed by atoms with Crippen molar-refractivity contribution in [2.75, 3.05) is 13.1 Å². The van der Waals surface area contributed by atoms with Gasteiger partial charge in [-0.15, -0.1) is 0 Å². The Hall–Kier alpha value is -3.48. The molecule has 30 heavy (non-hydrogen) atoms. The summed E-state index contributed by atoms with van der Waals surface area (Å²) in [4.78, 5) is 43.4. The molecule has 154 valence electrons. The molecule has 0 aliphatic carbocycles. The van der Waals surface area contributed by atoms with Crippen molar-refractivity contribution in [1.29, 1.82) is 0 Å². The summed E-state index contributed by atoms with van der Waals surface area (Å²) in [7, 11) is 0. The Labute approximate surface area is 173 Å². The fourth-order valence-corrected chi connectivity index (χ4v) is 3.87. The normalized spacial score (nSPS) is 14.8. The first-order valence-electron chi connectivity index (χ1n) is 9.98. The van der Waals surface area contributed by atoms with E-state index < -0.39 is 17.4 Å². The summed E-state index contributed by atoms with van der Waals surface area (Å²) in [6.07, 6.45) is 2.29. The van der Waals surface area contributed by atoms with Gasteiger partial charge in [-0.3, -0.25) is 14.2 Å². The molecule has 1 fully saturated rings. The number of pyridine rings is 2. The van der Waals surface area contributed by atoms with Gasteiger partial charge in [0.05, 0.1) is 6.54 Å². The van der Waals surface area contributed by atoms with Gasteiger partial charge in [-0.05, 0) is 43.5 Å². The first-order chi connectivity index (χ1) is 14.4. The zero-order valence-electron chi connectivity index (χ0n) is 16.7. The molecule has 1 amide bonds. The number of aryl methyl sites for hydroxylation is 1. The van der Waals surface area contributed by atoms with E-state index in [4.69, 9.17) is 0 Å². The van der Waals surface area contributed by atoms with Crippen LogP contribution in [0.15, 0.2) is 53.5 Å². The summed E-state index contributed by atoms with van der Waals surface area (Å²) < 4.78 is 1.53. The van der Waals surface area contributed by atoms with Gasteiger partial charge in [0.15, 0.2) is 0 Å². The molecule has 0 unspecified atom stereocenters. The van der Waals surface area contributed by atoms with Crippen molar-refractivity contribution in [2.45, 2.75) is 26.3 Å². The Bertz CT molecular complexity index is 1160. The van der Waals surface area contributed by atoms with Gasteiger partial charge in [0.2, 0.25) is 0 Å². The number of piperidine rings is 1. The molecule has 7 nitrogen and oxygen atoms in total. The average Bonchev–Trinajstić information content (AvgIpc) is 2.76. The predicted molar refractivity (Wildman–Crippen MR) is 110 cm³/mol. The standard InChI is InChI=1S/C23H23N3O4/c1-15-4-6-16(7-5-15)14-26-20-18(3-2-10-24-20)13-19(22(26)28)21(27)25-11-8-17(9-12-25)23(29)30/h2-7,10,13,17H,8-9,11-12,14H2,1H3,(H,29,30)/p-1. The zero-order chi connectivity index (χ0) is 21.3. The predicted octanol–water partition coefficient (Wildman–Crippen LogP) is 1.36. The third-order valence-electron chi connectivity index (χ3n) is 5.66. The lowest BCUT2D eigenvalue weighted by molar-refractivity contribution is -0.312. The van der Waals surface area contributed by atoms with Crippen LogP contribution in [0.2, 0.25) is 0 Å². The maximum Gasteiger partial charge on any atom is 0.265 e. The van der Waals surface area contributed by atoms with E-state index in [1.807, 2.05) is 37.3 Å². The number of benzene rings is 1. The van der Waals surface area contributed by atoms with E-state index >= 15 is 0 Å². The zero-order valence-corrected chi connectivity index (χ0v) is 16.7. The topological polar surface area (TPSA) is 95.3 Å². The second kappa shape index (κ2) is 8.10. The molecule has 0 spiro atoms. The molecule has 0 saturated carbocycles. The Kier molecular flexibility index (Phi) is 5.35. The van der Waals surface area contributed by atoms with Gasteiger partial charge >= 0.3 is 0 Å². The molecule has 1 saturated heterocycles. The van der Waals surface area contributed by atoms with Crippen LogP contribution in [0.5, 0.6) is 0 Å². The van der Waals surface area contributed by atoms with Gasteiger partial charge in [-0.1, -0.05) is 29.8 Å². The summed E-state index contributed by atoms with van der Waals surface area (Å²) in [5.41, 5.74) is 2.27. The van der Waals surface area contributed by atoms with Gasteiger partial charge < -0.3 is 14.8 Å². The van der Waals surface area contributed by atoms with Crippen molar-refractivity contribution in [3.63, 3.8) is 0 Å². The summed E-state index contributed by atoms with van der Waals surface area (Å²) in [5, 5.41) is 11.8. The number of nitrogens with zero attached hydrogens (tertiary/aromatic N) is 3. The Morgan fingerprint density at radius 3 is 2.50 bits per heavy atom. The fourth-order valence-electron chi connectivity index (χ4n) is 3.87. The number of amides is 1. The molecular formula is C23H22N3O4-. The van der Waals surface area contributed by atoms with Crippen molar-refractivity contribution < 1.29 is 14.7 Å². The molecular weight excluding hydrogens is 382 g/mol. The third kappa shape index (κ3) is 3.83. The number of hydrogen-bond donors (Lipinski definition) is 0. The van der Waals surface area contributed by atoms with Gasteiger partial charge in [-0.2, -0.15) is 0 Å². The molecule has 1 aliphatic rings. The van der Waals surface area contributed by atoms with Crippen LogP contribution < -0.4 is 10.7 Å². The molecule has 3 heterocycles. The molecule has 4 rings (SSSR count). The number of carboxylic acid groups (broad SMARTS) is 1. The van der Waals surface area contributed by atoms with Crippen molar-refractivity contribution >= 4 is 22.9 Å². The van der Waals surface area contributed by atoms with E-state index in [1.54, 1.807) is 23.2 Å². The summed E-state index contributed by atoms with van der Waals surface area (Å²) in [6, 6.07) is 13.0. The number of hydrogen-bond acceptors (Lipinski definition) is 5. The smallest absolute Gasteiger partial charge is 0.265 e. The van der Waals surface area contributed by atoms with Crippen molar-refractivity contribution in [1.82, 2.24) is 14.5 Å². The van der Waals surface area contributed by atoms with Gasteiger partial charge in [0, 0.05) is 36.6 Å². The van der Waals surface area contributed by atoms with Crippen molar-refractivity contribution in [3.8, 4) is 0 Å². The lowest BCUT2D eigenvalue weighted by Gasteiger charge is -2.32. The molecule has 2 aromatic heterocycles. The fraction of sp³-hybridized carbons (Fsp3) is 0.304. The van der Waals surface area contributed by atoms with E-state index in [0.29, 0.717) is 43.5 Å². The largest absolute Gasteiger partial charge is 0.550 e. The third-order valence-corrected chi connectivity index (χ3v) is 5.66. The van der Waals surface area contributed by atoms with Crippen LogP contribution in [-0.2, 0) is 11.3 Å². The van der Waals surface area contributed by atoms with Crippen LogP contribution in [0.3, 0.4) is 0 Å². The summed E-state index contributed by atoms with van der Waals surface area (Å²) in [5.74, 6) is -2.01. The number of fused-ring (bicyclic) bond motifs is 1. The average molecular weight is 404 g/mol. The Morgan fingerprint density at radius 2 is 1.83 bits per heavy atom. The molecule has 3 aromatic rings. The molecule has 1 aliphatic heterocycles. The second-order valence-corrected chi connectivity index (χ2v) is 7.74. The maximum atomic E-state index is 13.3. The highest BCUT2D eigenvalue weighted by Crippen LogP contribution is 2.19. The number of carbonyl (C=O) groups is 2. The lowest BCUT2D eigenvalue weighted by atomic mass is 9.96. The number of rotatable bonds is 4. The highest BCUT2D eigenvalue weighted by Gasteiger charge is 2.27. The monoisotopic (exact) mass is 404 g/mol. The maximum absolute atomic E-state index is 13.3. The van der Waals surface area contributed by atoms with E-state index in [2.05, 4.69) is 4.98 Å². The second-order valence-electron chi connectivity index (χ2n) is 7.74. The molecule has 0 N–H and O–H groups in total. The van der Waals surface area contributed by atoms with E-state index in [-0.39, 0.29) is 11.5 Å². The van der Waals surface area contributed by atoms with Crippen LogP contribution in [0.1, 0.15) is 34.3 Å². The van der Waals surface area contributed by atoms with Crippen molar-refractivity contribution in [2.24, 2.45) is 5.92 Å². The van der Waals surface area contributed by atoms with Crippen LogP contribution in [0.25, 0.3) is 11.0 Å². The minimum Gasteiger partial charge on any atom is -0.550 e. The van der Waals surface area contributed by atoms with Gasteiger partial charge in [-0.25, -0.2) is 4.98 Å². The highest BCUT2D eigenvalue weighted by atomic mass is 16.4. The number of aromatic nitrogens is 2. The summed E-state index contributed by atoms with van der Waals surface area (Å²) >= 11 is 0. The first kappa shape index (κ1) is 19.8. The van der Waals surface area contributed by atoms with E-state index in [9.17, 15) is 19.5 Å². The molecule has 0 radical (unpaired) electrons. The number of carboxylic acids is 1. The van der Waals surface area contributed by atoms with Crippen molar-refractivity contribution in [3.05, 3.63) is 75.7 Å². The SMILES string of the molecule is Cc1ccc(Cn2c(=O)c(C(=O)N3CCC(C(=O)[O-])CC3)cc3cccnc32)cc1. The molecule has 1 aromatic carbocycles. The van der Waals surface area contributed by atoms with E-state index in [0.717, 1.165) is 11.1 Å². The van der Waals surface area contributed by atoms with Crippen LogP contribution in [0, 0.1) is 12.8 Å². The molecule has 0 atom stereocenters. The van der Waals surface area contributed by atoms with Crippen LogP contribution in [0.4, 0.5) is 0 Å². The lowest BCUT2D eigenvalue weighted by Crippen LogP contribution is -2.45. The number of likely N-dealkylation sites (tertiary alicyclic amines) is 1. The number of aliphatic carboxylic acids is 1. The minimum absolute atomic E-state index is 0.0783. The van der Waals surface area contributed by atoms with Gasteiger partial charge in [0.25, 0.3) is 11.5 Å². The van der Waals surface area contributed by atoms with Crippen LogP contribution >= 0.6 is 0 Å². The highest BCUT2D eigenvalue weighted by molar-refractivity contribution is 5.97. The first-order valence-corrected chi connectivity index (χ1v) is 9.98. The minimum atomic E-state index is -1.08. The van der Waals surface area contributed by atoms with E-state index in [1.165, 1.54) is 4.57 Å². The van der Waals surface area contributed by atoms with Crippen LogP contribution in [-0.4, -0.2) is 39.4 Å². The Balaban J connectivity index is 1.71. The quantitative estimate of drug-likeness (QED) is 0.654. The summed E-state index contributed by atoms with van der Waals surface area (Å²) in [6.45, 7) is 2.89. The molecule has 7 heteroatoms. The number of carbonyl (C=O) groups excluding carboxylic acids is 2. The van der Waals surface area contributed by atoms with Gasteiger partial charge in [0.1, 0.15) is 11.2 Å². The Morgan fingerprint density at radius 1 is 1.13 bits per heavy atom.